The van der Waals surface area contributed by atoms with Gasteiger partial charge in [0.25, 0.3) is 5.56 Å². The second-order valence-electron chi connectivity index (χ2n) is 9.43. The van der Waals surface area contributed by atoms with Gasteiger partial charge in [-0.25, -0.2) is 4.98 Å². The molecular formula is C27H22N4O3. The van der Waals surface area contributed by atoms with Crippen molar-refractivity contribution in [3.63, 3.8) is 0 Å². The molecule has 0 amide bonds. The molecule has 0 saturated heterocycles. The van der Waals surface area contributed by atoms with Crippen molar-refractivity contribution in [2.24, 2.45) is 0 Å². The van der Waals surface area contributed by atoms with E-state index in [0.29, 0.717) is 39.9 Å². The van der Waals surface area contributed by atoms with Crippen LogP contribution in [0.2, 0.25) is 0 Å². The van der Waals surface area contributed by atoms with Gasteiger partial charge in [-0.3, -0.25) is 14.3 Å². The molecule has 0 radical (unpaired) electrons. The Morgan fingerprint density at radius 1 is 1.09 bits per heavy atom. The van der Waals surface area contributed by atoms with E-state index in [4.69, 9.17) is 9.40 Å². The maximum atomic E-state index is 13.8. The van der Waals surface area contributed by atoms with Gasteiger partial charge in [-0.2, -0.15) is 0 Å². The van der Waals surface area contributed by atoms with Gasteiger partial charge in [0.2, 0.25) is 0 Å². The van der Waals surface area contributed by atoms with E-state index in [-0.39, 0.29) is 17.0 Å². The Balaban J connectivity index is 1.72. The van der Waals surface area contributed by atoms with Gasteiger partial charge in [0.15, 0.2) is 16.7 Å². The predicted octanol–water partition coefficient (Wildman–Crippen LogP) is 5.05. The van der Waals surface area contributed by atoms with Crippen molar-refractivity contribution in [1.82, 2.24) is 19.3 Å². The maximum Gasteiger partial charge on any atom is 0.259 e. The van der Waals surface area contributed by atoms with E-state index in [1.54, 1.807) is 19.1 Å². The van der Waals surface area contributed by atoms with Gasteiger partial charge in [0.05, 0.1) is 11.1 Å². The smallest absolute Gasteiger partial charge is 0.259 e. The fraction of sp³-hybridized carbons (Fsp3) is 0.222. The van der Waals surface area contributed by atoms with Crippen LogP contribution in [0.1, 0.15) is 31.0 Å². The molecule has 1 aliphatic heterocycles. The molecule has 168 valence electrons. The molecule has 1 aliphatic rings. The SMILES string of the molecule is Cc1c(=O)ccc2c1oc1c(-c3cc4cccc5c4n(c3=O)CC5)c3c[nH]n(C(C)C)c3nc12. The van der Waals surface area contributed by atoms with Crippen LogP contribution in [0.5, 0.6) is 0 Å². The number of aromatic nitrogens is 4. The Morgan fingerprint density at radius 2 is 1.94 bits per heavy atom. The molecule has 0 saturated carbocycles. The van der Waals surface area contributed by atoms with E-state index >= 15 is 0 Å². The number of furan rings is 1. The highest BCUT2D eigenvalue weighted by Gasteiger charge is 2.26. The fourth-order valence-electron chi connectivity index (χ4n) is 5.47. The van der Waals surface area contributed by atoms with Crippen LogP contribution in [0.25, 0.3) is 55.1 Å². The normalized spacial score (nSPS) is 13.4. The maximum absolute atomic E-state index is 13.8. The molecule has 7 heteroatoms. The van der Waals surface area contributed by atoms with Crippen LogP contribution < -0.4 is 11.0 Å². The van der Waals surface area contributed by atoms with Crippen molar-refractivity contribution in [3.05, 3.63) is 74.3 Å². The first-order valence-electron chi connectivity index (χ1n) is 11.6. The summed E-state index contributed by atoms with van der Waals surface area (Å²) in [6, 6.07) is 11.6. The van der Waals surface area contributed by atoms with Crippen LogP contribution in [0.4, 0.5) is 0 Å². The summed E-state index contributed by atoms with van der Waals surface area (Å²) in [6.45, 7) is 6.59. The summed E-state index contributed by atoms with van der Waals surface area (Å²) in [4.78, 5) is 31.2. The van der Waals surface area contributed by atoms with E-state index in [0.717, 1.165) is 33.7 Å². The Morgan fingerprint density at radius 3 is 2.76 bits per heavy atom. The summed E-state index contributed by atoms with van der Waals surface area (Å²) in [5.74, 6) is 0. The van der Waals surface area contributed by atoms with Crippen LogP contribution in [-0.4, -0.2) is 19.3 Å². The minimum atomic E-state index is -0.0795. The fourth-order valence-corrected chi connectivity index (χ4v) is 5.47. The Labute approximate surface area is 193 Å². The highest BCUT2D eigenvalue weighted by atomic mass is 16.3. The van der Waals surface area contributed by atoms with E-state index < -0.39 is 0 Å². The number of fused-ring (bicyclic) bond motifs is 4. The lowest BCUT2D eigenvalue weighted by atomic mass is 10.0. The van der Waals surface area contributed by atoms with Crippen molar-refractivity contribution in [2.75, 3.05) is 0 Å². The van der Waals surface area contributed by atoms with Crippen LogP contribution in [-0.2, 0) is 13.0 Å². The summed E-state index contributed by atoms with van der Waals surface area (Å²) in [5, 5.41) is 5.93. The molecule has 0 bridgehead atoms. The molecule has 7 nitrogen and oxygen atoms in total. The number of nitrogens with one attached hydrogen (secondary N) is 1. The van der Waals surface area contributed by atoms with Crippen molar-refractivity contribution in [1.29, 1.82) is 0 Å². The molecule has 34 heavy (non-hydrogen) atoms. The van der Waals surface area contributed by atoms with Gasteiger partial charge in [0.1, 0.15) is 11.1 Å². The third-order valence-corrected chi connectivity index (χ3v) is 7.15. The number of pyridine rings is 2. The van der Waals surface area contributed by atoms with Gasteiger partial charge in [-0.15, -0.1) is 0 Å². The molecule has 0 unspecified atom stereocenters. The molecule has 0 fully saturated rings. The number of hydrogen-bond acceptors (Lipinski definition) is 4. The minimum absolute atomic E-state index is 0.0368. The summed E-state index contributed by atoms with van der Waals surface area (Å²) >= 11 is 0. The van der Waals surface area contributed by atoms with Crippen LogP contribution in [0.3, 0.4) is 0 Å². The van der Waals surface area contributed by atoms with Gasteiger partial charge >= 0.3 is 0 Å². The number of hydrogen-bond donors (Lipinski definition) is 1. The molecule has 1 N–H and O–H groups in total. The van der Waals surface area contributed by atoms with E-state index in [9.17, 15) is 9.59 Å². The molecule has 0 atom stereocenters. The zero-order chi connectivity index (χ0) is 23.3. The monoisotopic (exact) mass is 450 g/mol. The lowest BCUT2D eigenvalue weighted by Gasteiger charge is -2.11. The number of aromatic amines is 1. The van der Waals surface area contributed by atoms with E-state index in [2.05, 4.69) is 31.1 Å². The van der Waals surface area contributed by atoms with Gasteiger partial charge in [-0.05, 0) is 56.3 Å². The highest BCUT2D eigenvalue weighted by Crippen LogP contribution is 2.40. The number of aryl methyl sites for hydroxylation is 3. The van der Waals surface area contributed by atoms with Crippen molar-refractivity contribution in [2.45, 2.75) is 39.8 Å². The molecule has 0 spiro atoms. The zero-order valence-electron chi connectivity index (χ0n) is 19.1. The summed E-state index contributed by atoms with van der Waals surface area (Å²) in [7, 11) is 0. The van der Waals surface area contributed by atoms with Crippen molar-refractivity contribution >= 4 is 44.0 Å². The number of rotatable bonds is 2. The van der Waals surface area contributed by atoms with Crippen LogP contribution >= 0.6 is 0 Å². The lowest BCUT2D eigenvalue weighted by Crippen LogP contribution is -2.20. The zero-order valence-corrected chi connectivity index (χ0v) is 19.1. The molecule has 4 aromatic heterocycles. The van der Waals surface area contributed by atoms with Crippen molar-refractivity contribution in [3.8, 4) is 11.1 Å². The van der Waals surface area contributed by atoms with Crippen LogP contribution in [0.15, 0.2) is 56.6 Å². The minimum Gasteiger partial charge on any atom is -0.453 e. The molecular weight excluding hydrogens is 428 g/mol. The van der Waals surface area contributed by atoms with E-state index in [1.165, 1.54) is 5.56 Å². The molecule has 6 aromatic rings. The Hall–Kier alpha value is -4.13. The largest absolute Gasteiger partial charge is 0.453 e. The Bertz CT molecular complexity index is 1950. The third kappa shape index (κ3) is 2.33. The predicted molar refractivity (Wildman–Crippen MR) is 134 cm³/mol. The summed E-state index contributed by atoms with van der Waals surface area (Å²) < 4.78 is 10.2. The van der Waals surface area contributed by atoms with Gasteiger partial charge in [0, 0.05) is 40.7 Å². The second-order valence-corrected chi connectivity index (χ2v) is 9.43. The number of benzene rings is 2. The van der Waals surface area contributed by atoms with Crippen LogP contribution in [0, 0.1) is 6.92 Å². The number of H-pyrrole nitrogens is 1. The topological polar surface area (TPSA) is 85.8 Å². The molecule has 5 heterocycles. The molecule has 2 aromatic carbocycles. The number of para-hydroxylation sites is 1. The third-order valence-electron chi connectivity index (χ3n) is 7.15. The first-order chi connectivity index (χ1) is 16.4. The quantitative estimate of drug-likeness (QED) is 0.400. The molecule has 7 rings (SSSR count). The lowest BCUT2D eigenvalue weighted by molar-refractivity contribution is 0.547. The standard InChI is InChI=1S/C27H22N4O3/c1-13(2)31-26-19(12-28-31)21(25-22(29-26)17-7-8-20(32)14(3)24(17)34-25)18-11-16-6-4-5-15-9-10-30(23(15)16)27(18)33/h4-8,11-13,28H,9-10H2,1-3H3. The summed E-state index contributed by atoms with van der Waals surface area (Å²) in [5.41, 5.74) is 6.40. The Kier molecular flexibility index (Phi) is 3.68. The van der Waals surface area contributed by atoms with Crippen molar-refractivity contribution < 1.29 is 4.42 Å². The molecule has 0 aliphatic carbocycles. The summed E-state index contributed by atoms with van der Waals surface area (Å²) in [6.07, 6.45) is 2.74. The average molecular weight is 450 g/mol. The van der Waals surface area contributed by atoms with Gasteiger partial charge in [-0.1, -0.05) is 18.2 Å². The highest BCUT2D eigenvalue weighted by molar-refractivity contribution is 6.15. The van der Waals surface area contributed by atoms with E-state index in [1.807, 2.05) is 27.6 Å². The first-order valence-corrected chi connectivity index (χ1v) is 11.6. The van der Waals surface area contributed by atoms with Gasteiger partial charge < -0.3 is 14.1 Å². The second kappa shape index (κ2) is 6.47. The first kappa shape index (κ1) is 19.3. The number of nitrogens with zero attached hydrogens (tertiary/aromatic N) is 3. The average Bonchev–Trinajstić information content (AvgIpc) is 3.53.